The molecule has 2 aromatic rings. The van der Waals surface area contributed by atoms with E-state index in [0.29, 0.717) is 26.1 Å². The van der Waals surface area contributed by atoms with E-state index in [2.05, 4.69) is 44.6 Å². The Hall–Kier alpha value is -2.25. The highest BCUT2D eigenvalue weighted by Gasteiger charge is 2.20. The molecule has 24 heavy (non-hydrogen) atoms. The van der Waals surface area contributed by atoms with Crippen LogP contribution in [0.2, 0.25) is 0 Å². The standard InChI is InChI=1S/C17H23N5O2/c23-17(6-7-22-14-18-13-20-22)19-10-16-12-21(8-9-24-16)11-15-4-2-1-3-5-15/h1-5,13-14,16H,6-12H2,(H,19,23)/t16-/m0/s1. The maximum atomic E-state index is 11.9. The third kappa shape index (κ3) is 5.14. The number of aromatic nitrogens is 3. The summed E-state index contributed by atoms with van der Waals surface area (Å²) >= 11 is 0. The molecule has 1 fully saturated rings. The summed E-state index contributed by atoms with van der Waals surface area (Å²) < 4.78 is 7.41. The van der Waals surface area contributed by atoms with Gasteiger partial charge in [0.2, 0.25) is 5.91 Å². The van der Waals surface area contributed by atoms with Crippen LogP contribution in [0.3, 0.4) is 0 Å². The number of amides is 1. The zero-order valence-electron chi connectivity index (χ0n) is 13.7. The fourth-order valence-corrected chi connectivity index (χ4v) is 2.77. The van der Waals surface area contributed by atoms with Crippen molar-refractivity contribution in [1.29, 1.82) is 0 Å². The number of hydrogen-bond donors (Lipinski definition) is 1. The minimum atomic E-state index is 0.00860. The van der Waals surface area contributed by atoms with Crippen LogP contribution in [0.25, 0.3) is 0 Å². The van der Waals surface area contributed by atoms with Crippen molar-refractivity contribution in [3.8, 4) is 0 Å². The van der Waals surface area contributed by atoms with Crippen molar-refractivity contribution in [2.45, 2.75) is 25.6 Å². The monoisotopic (exact) mass is 329 g/mol. The highest BCUT2D eigenvalue weighted by molar-refractivity contribution is 5.75. The first-order chi connectivity index (χ1) is 11.8. The van der Waals surface area contributed by atoms with E-state index in [1.165, 1.54) is 11.9 Å². The second-order valence-electron chi connectivity index (χ2n) is 5.93. The molecule has 0 spiro atoms. The maximum Gasteiger partial charge on any atom is 0.221 e. The molecule has 128 valence electrons. The Bertz CT molecular complexity index is 617. The lowest BCUT2D eigenvalue weighted by atomic mass is 10.2. The summed E-state index contributed by atoms with van der Waals surface area (Å²) in [6.07, 6.45) is 3.51. The van der Waals surface area contributed by atoms with Gasteiger partial charge < -0.3 is 10.1 Å². The van der Waals surface area contributed by atoms with Gasteiger partial charge in [0.25, 0.3) is 0 Å². The molecule has 1 saturated heterocycles. The fourth-order valence-electron chi connectivity index (χ4n) is 2.77. The number of nitrogens with zero attached hydrogens (tertiary/aromatic N) is 4. The number of hydrogen-bond acceptors (Lipinski definition) is 5. The maximum absolute atomic E-state index is 11.9. The summed E-state index contributed by atoms with van der Waals surface area (Å²) in [5, 5.41) is 6.93. The Balaban J connectivity index is 1.38. The first kappa shape index (κ1) is 16.6. The van der Waals surface area contributed by atoms with E-state index < -0.39 is 0 Å². The van der Waals surface area contributed by atoms with Gasteiger partial charge in [0, 0.05) is 32.6 Å². The van der Waals surface area contributed by atoms with Gasteiger partial charge >= 0.3 is 0 Å². The topological polar surface area (TPSA) is 72.3 Å². The molecule has 0 radical (unpaired) electrons. The van der Waals surface area contributed by atoms with Gasteiger partial charge in [0.05, 0.1) is 19.3 Å². The lowest BCUT2D eigenvalue weighted by Crippen LogP contribution is -2.47. The fraction of sp³-hybridized carbons (Fsp3) is 0.471. The molecule has 7 heteroatoms. The zero-order chi connectivity index (χ0) is 16.6. The predicted octanol–water partition coefficient (Wildman–Crippen LogP) is 0.685. The van der Waals surface area contributed by atoms with Crippen molar-refractivity contribution in [1.82, 2.24) is 25.0 Å². The molecule has 0 saturated carbocycles. The van der Waals surface area contributed by atoms with Crippen LogP contribution < -0.4 is 5.32 Å². The SMILES string of the molecule is O=C(CCn1cncn1)NC[C@H]1CN(Cc2ccccc2)CCO1. The van der Waals surface area contributed by atoms with Gasteiger partial charge in [-0.05, 0) is 5.56 Å². The van der Waals surface area contributed by atoms with E-state index in [-0.39, 0.29) is 12.0 Å². The molecule has 1 aliphatic heterocycles. The van der Waals surface area contributed by atoms with Crippen LogP contribution >= 0.6 is 0 Å². The number of benzene rings is 1. The Morgan fingerprint density at radius 3 is 3.00 bits per heavy atom. The molecule has 1 aromatic heterocycles. The van der Waals surface area contributed by atoms with Crippen LogP contribution in [0.1, 0.15) is 12.0 Å². The summed E-state index contributed by atoms with van der Waals surface area (Å²) in [5.41, 5.74) is 1.30. The van der Waals surface area contributed by atoms with E-state index in [9.17, 15) is 4.79 Å². The molecule has 1 N–H and O–H groups in total. The van der Waals surface area contributed by atoms with Crippen LogP contribution in [0.5, 0.6) is 0 Å². The van der Waals surface area contributed by atoms with Crippen LogP contribution in [0, 0.1) is 0 Å². The summed E-state index contributed by atoms with van der Waals surface area (Å²) in [7, 11) is 0. The summed E-state index contributed by atoms with van der Waals surface area (Å²) in [6, 6.07) is 10.4. The molecule has 1 amide bonds. The van der Waals surface area contributed by atoms with E-state index in [1.807, 2.05) is 6.07 Å². The van der Waals surface area contributed by atoms with Crippen molar-refractivity contribution < 1.29 is 9.53 Å². The number of nitrogens with one attached hydrogen (secondary N) is 1. The Morgan fingerprint density at radius 2 is 2.21 bits per heavy atom. The third-order valence-corrected chi connectivity index (χ3v) is 4.03. The lowest BCUT2D eigenvalue weighted by Gasteiger charge is -2.33. The molecular weight excluding hydrogens is 306 g/mol. The van der Waals surface area contributed by atoms with Crippen LogP contribution in [0.15, 0.2) is 43.0 Å². The molecule has 2 heterocycles. The lowest BCUT2D eigenvalue weighted by molar-refractivity contribution is -0.122. The van der Waals surface area contributed by atoms with Gasteiger partial charge in [-0.2, -0.15) is 5.10 Å². The number of ether oxygens (including phenoxy) is 1. The quantitative estimate of drug-likeness (QED) is 0.809. The average molecular weight is 329 g/mol. The molecule has 0 bridgehead atoms. The molecule has 1 atom stereocenters. The first-order valence-corrected chi connectivity index (χ1v) is 8.26. The normalized spacial score (nSPS) is 18.4. The van der Waals surface area contributed by atoms with E-state index >= 15 is 0 Å². The van der Waals surface area contributed by atoms with Crippen LogP contribution in [0.4, 0.5) is 0 Å². The Morgan fingerprint density at radius 1 is 1.33 bits per heavy atom. The van der Waals surface area contributed by atoms with Gasteiger partial charge in [-0.1, -0.05) is 30.3 Å². The average Bonchev–Trinajstić information content (AvgIpc) is 3.13. The number of carbonyl (C=O) groups excluding carboxylic acids is 1. The first-order valence-electron chi connectivity index (χ1n) is 8.26. The number of aryl methyl sites for hydroxylation is 1. The van der Waals surface area contributed by atoms with Crippen molar-refractivity contribution in [2.24, 2.45) is 0 Å². The number of rotatable bonds is 7. The number of carbonyl (C=O) groups is 1. The van der Waals surface area contributed by atoms with Gasteiger partial charge in [-0.25, -0.2) is 4.98 Å². The Kier molecular flexibility index (Phi) is 5.92. The van der Waals surface area contributed by atoms with E-state index in [1.54, 1.807) is 11.0 Å². The third-order valence-electron chi connectivity index (χ3n) is 4.03. The minimum Gasteiger partial charge on any atom is -0.374 e. The zero-order valence-corrected chi connectivity index (χ0v) is 13.7. The van der Waals surface area contributed by atoms with Gasteiger partial charge in [0.15, 0.2) is 0 Å². The summed E-state index contributed by atoms with van der Waals surface area (Å²) in [5.74, 6) is 0.00860. The molecule has 1 aliphatic rings. The number of morpholine rings is 1. The second kappa shape index (κ2) is 8.56. The van der Waals surface area contributed by atoms with Crippen molar-refractivity contribution in [3.05, 3.63) is 48.5 Å². The summed E-state index contributed by atoms with van der Waals surface area (Å²) in [4.78, 5) is 18.1. The predicted molar refractivity (Wildman–Crippen MR) is 89.1 cm³/mol. The molecular formula is C17H23N5O2. The molecule has 1 aromatic carbocycles. The highest BCUT2D eigenvalue weighted by Crippen LogP contribution is 2.10. The highest BCUT2D eigenvalue weighted by atomic mass is 16.5. The smallest absolute Gasteiger partial charge is 0.221 e. The van der Waals surface area contributed by atoms with Crippen LogP contribution in [-0.2, 0) is 22.6 Å². The van der Waals surface area contributed by atoms with Gasteiger partial charge in [0.1, 0.15) is 12.7 Å². The largest absolute Gasteiger partial charge is 0.374 e. The van der Waals surface area contributed by atoms with E-state index in [4.69, 9.17) is 4.74 Å². The molecule has 3 rings (SSSR count). The van der Waals surface area contributed by atoms with Gasteiger partial charge in [-0.15, -0.1) is 0 Å². The second-order valence-corrected chi connectivity index (χ2v) is 5.93. The van der Waals surface area contributed by atoms with Crippen molar-refractivity contribution in [3.63, 3.8) is 0 Å². The van der Waals surface area contributed by atoms with E-state index in [0.717, 1.165) is 19.6 Å². The van der Waals surface area contributed by atoms with Crippen molar-refractivity contribution >= 4 is 5.91 Å². The molecule has 7 nitrogen and oxygen atoms in total. The molecule has 0 unspecified atom stereocenters. The van der Waals surface area contributed by atoms with Crippen molar-refractivity contribution in [2.75, 3.05) is 26.2 Å². The van der Waals surface area contributed by atoms with Gasteiger partial charge in [-0.3, -0.25) is 14.4 Å². The minimum absolute atomic E-state index is 0.00860. The Labute approximate surface area is 141 Å². The summed E-state index contributed by atoms with van der Waals surface area (Å²) in [6.45, 7) is 4.45. The molecule has 0 aliphatic carbocycles. The van der Waals surface area contributed by atoms with Crippen LogP contribution in [-0.4, -0.2) is 57.9 Å².